The van der Waals surface area contributed by atoms with Gasteiger partial charge in [-0.05, 0) is 56.9 Å². The first-order chi connectivity index (χ1) is 10.9. The predicted octanol–water partition coefficient (Wildman–Crippen LogP) is 3.70. The molecule has 1 saturated carbocycles. The zero-order valence-corrected chi connectivity index (χ0v) is 15.3. The zero-order valence-electron chi connectivity index (χ0n) is 13.7. The van der Waals surface area contributed by atoms with Crippen LogP contribution in [-0.2, 0) is 9.59 Å². The molecule has 0 bridgehead atoms. The average molecular weight is 379 g/mol. The maximum Gasteiger partial charge on any atom is 0.246 e. The molecular formula is C18H23BrN2O2. The number of hydrogen-bond donors (Lipinski definition) is 1. The number of carbonyl (C=O) groups excluding carboxylic acids is 2. The van der Waals surface area contributed by atoms with Gasteiger partial charge < -0.3 is 5.32 Å². The highest BCUT2D eigenvalue weighted by atomic mass is 79.9. The quantitative estimate of drug-likeness (QED) is 0.871. The monoisotopic (exact) mass is 378 g/mol. The number of nitrogens with zero attached hydrogens (tertiary/aromatic N) is 1. The predicted molar refractivity (Wildman–Crippen MR) is 94.4 cm³/mol. The van der Waals surface area contributed by atoms with Gasteiger partial charge in [-0.2, -0.15) is 0 Å². The van der Waals surface area contributed by atoms with Crippen molar-refractivity contribution < 1.29 is 9.59 Å². The fraction of sp³-hybridized carbons (Fsp3) is 0.556. The van der Waals surface area contributed by atoms with Gasteiger partial charge in [-0.3, -0.25) is 14.5 Å². The van der Waals surface area contributed by atoms with Gasteiger partial charge in [0.05, 0.1) is 0 Å². The molecule has 23 heavy (non-hydrogen) atoms. The second-order valence-electron chi connectivity index (χ2n) is 6.89. The second kappa shape index (κ2) is 6.27. The maximum atomic E-state index is 12.9. The molecule has 5 heteroatoms. The van der Waals surface area contributed by atoms with Crippen LogP contribution in [0.5, 0.6) is 0 Å². The summed E-state index contributed by atoms with van der Waals surface area (Å²) in [6, 6.07) is 6.07. The minimum absolute atomic E-state index is 0.0178. The van der Waals surface area contributed by atoms with Crippen LogP contribution in [0.15, 0.2) is 22.7 Å². The molecule has 0 aromatic heterocycles. The van der Waals surface area contributed by atoms with Crippen molar-refractivity contribution in [2.45, 2.75) is 64.0 Å². The van der Waals surface area contributed by atoms with Gasteiger partial charge in [0.1, 0.15) is 5.54 Å². The highest BCUT2D eigenvalue weighted by Crippen LogP contribution is 2.37. The van der Waals surface area contributed by atoms with Crippen molar-refractivity contribution in [3.05, 3.63) is 28.2 Å². The minimum Gasteiger partial charge on any atom is -0.351 e. The van der Waals surface area contributed by atoms with Gasteiger partial charge in [0, 0.05) is 22.6 Å². The lowest BCUT2D eigenvalue weighted by atomic mass is 9.96. The van der Waals surface area contributed by atoms with Gasteiger partial charge in [-0.25, -0.2) is 0 Å². The standard InChI is InChI=1S/C18H23BrN2O2/c1-12-11-14(7-8-15(12)19)21-16(22)9-10-18(21,2)17(23)20-13-5-3-4-6-13/h7-8,11,13H,3-6,9-10H2,1-2H3,(H,20,23)/t18-/m1/s1. The SMILES string of the molecule is Cc1cc(N2C(=O)CC[C@]2(C)C(=O)NC2CCCC2)ccc1Br. The number of benzene rings is 1. The lowest BCUT2D eigenvalue weighted by Gasteiger charge is -2.35. The van der Waals surface area contributed by atoms with Crippen molar-refractivity contribution in [1.29, 1.82) is 0 Å². The zero-order chi connectivity index (χ0) is 16.6. The van der Waals surface area contributed by atoms with Gasteiger partial charge in [0.15, 0.2) is 0 Å². The van der Waals surface area contributed by atoms with Crippen molar-refractivity contribution in [3.8, 4) is 0 Å². The van der Waals surface area contributed by atoms with E-state index in [4.69, 9.17) is 0 Å². The summed E-state index contributed by atoms with van der Waals surface area (Å²) in [6.07, 6.45) is 5.44. The molecule has 1 aromatic carbocycles. The van der Waals surface area contributed by atoms with Crippen molar-refractivity contribution in [2.24, 2.45) is 0 Å². The highest BCUT2D eigenvalue weighted by molar-refractivity contribution is 9.10. The normalized spacial score (nSPS) is 25.2. The van der Waals surface area contributed by atoms with Crippen LogP contribution in [0, 0.1) is 6.92 Å². The number of amides is 2. The molecule has 1 aromatic rings. The lowest BCUT2D eigenvalue weighted by molar-refractivity contribution is -0.127. The number of aryl methyl sites for hydroxylation is 1. The fourth-order valence-corrected chi connectivity index (χ4v) is 3.92. The topological polar surface area (TPSA) is 49.4 Å². The summed E-state index contributed by atoms with van der Waals surface area (Å²) in [4.78, 5) is 27.0. The van der Waals surface area contributed by atoms with Crippen molar-refractivity contribution in [1.82, 2.24) is 5.32 Å². The summed E-state index contributed by atoms with van der Waals surface area (Å²) < 4.78 is 1.00. The van der Waals surface area contributed by atoms with Crippen LogP contribution in [-0.4, -0.2) is 23.4 Å². The van der Waals surface area contributed by atoms with E-state index in [9.17, 15) is 9.59 Å². The van der Waals surface area contributed by atoms with Crippen LogP contribution in [0.2, 0.25) is 0 Å². The molecule has 1 heterocycles. The van der Waals surface area contributed by atoms with E-state index in [1.54, 1.807) is 4.90 Å². The lowest BCUT2D eigenvalue weighted by Crippen LogP contribution is -2.56. The second-order valence-corrected chi connectivity index (χ2v) is 7.75. The summed E-state index contributed by atoms with van der Waals surface area (Å²) >= 11 is 3.49. The van der Waals surface area contributed by atoms with E-state index < -0.39 is 5.54 Å². The Kier molecular flexibility index (Phi) is 4.50. The summed E-state index contributed by atoms with van der Waals surface area (Å²) in [7, 11) is 0. The van der Waals surface area contributed by atoms with E-state index >= 15 is 0 Å². The fourth-order valence-electron chi connectivity index (χ4n) is 3.67. The average Bonchev–Trinajstić information content (AvgIpc) is 3.11. The molecule has 1 saturated heterocycles. The van der Waals surface area contributed by atoms with Crippen LogP contribution in [0.3, 0.4) is 0 Å². The number of carbonyl (C=O) groups is 2. The molecular weight excluding hydrogens is 356 g/mol. The first-order valence-corrected chi connectivity index (χ1v) is 9.11. The van der Waals surface area contributed by atoms with E-state index in [0.717, 1.165) is 28.6 Å². The Bertz CT molecular complexity index is 640. The molecule has 0 radical (unpaired) electrons. The molecule has 1 aliphatic heterocycles. The molecule has 1 atom stereocenters. The molecule has 3 rings (SSSR count). The third-order valence-electron chi connectivity index (χ3n) is 5.15. The molecule has 0 spiro atoms. The Morgan fingerprint density at radius 1 is 1.35 bits per heavy atom. The van der Waals surface area contributed by atoms with Gasteiger partial charge in [-0.15, -0.1) is 0 Å². The van der Waals surface area contributed by atoms with E-state index in [-0.39, 0.29) is 17.9 Å². The van der Waals surface area contributed by atoms with Gasteiger partial charge in [0.2, 0.25) is 11.8 Å². The molecule has 2 amide bonds. The summed E-state index contributed by atoms with van der Waals surface area (Å²) in [5, 5.41) is 3.17. The Hall–Kier alpha value is -1.36. The molecule has 2 fully saturated rings. The van der Waals surface area contributed by atoms with E-state index in [2.05, 4.69) is 21.2 Å². The van der Waals surface area contributed by atoms with Crippen molar-refractivity contribution in [2.75, 3.05) is 4.90 Å². The first-order valence-electron chi connectivity index (χ1n) is 8.32. The molecule has 1 aliphatic carbocycles. The van der Waals surface area contributed by atoms with Crippen LogP contribution in [0.1, 0.15) is 51.0 Å². The van der Waals surface area contributed by atoms with Crippen molar-refractivity contribution >= 4 is 33.4 Å². The molecule has 2 aliphatic rings. The van der Waals surface area contributed by atoms with E-state index in [0.29, 0.717) is 12.8 Å². The molecule has 1 N–H and O–H groups in total. The van der Waals surface area contributed by atoms with Crippen LogP contribution < -0.4 is 10.2 Å². The number of rotatable bonds is 3. The van der Waals surface area contributed by atoms with Gasteiger partial charge >= 0.3 is 0 Å². The Morgan fingerprint density at radius 3 is 2.70 bits per heavy atom. The smallest absolute Gasteiger partial charge is 0.246 e. The largest absolute Gasteiger partial charge is 0.351 e. The number of hydrogen-bond acceptors (Lipinski definition) is 2. The molecule has 124 valence electrons. The maximum absolute atomic E-state index is 12.9. The van der Waals surface area contributed by atoms with Gasteiger partial charge in [-0.1, -0.05) is 28.8 Å². The third kappa shape index (κ3) is 3.03. The Balaban J connectivity index is 1.88. The van der Waals surface area contributed by atoms with Crippen LogP contribution in [0.25, 0.3) is 0 Å². The summed E-state index contributed by atoms with van der Waals surface area (Å²) in [5.74, 6) is 0.00613. The van der Waals surface area contributed by atoms with E-state index in [1.165, 1.54) is 12.8 Å². The van der Waals surface area contributed by atoms with Crippen LogP contribution >= 0.6 is 15.9 Å². The number of nitrogens with one attached hydrogen (secondary N) is 1. The number of halogens is 1. The highest BCUT2D eigenvalue weighted by Gasteiger charge is 2.48. The summed E-state index contributed by atoms with van der Waals surface area (Å²) in [5.41, 5.74) is 1.07. The first kappa shape index (κ1) is 16.5. The number of anilines is 1. The van der Waals surface area contributed by atoms with E-state index in [1.807, 2.05) is 32.0 Å². The Labute approximate surface area is 145 Å². The molecule has 0 unspecified atom stereocenters. The molecule has 4 nitrogen and oxygen atoms in total. The van der Waals surface area contributed by atoms with Crippen LogP contribution in [0.4, 0.5) is 5.69 Å². The van der Waals surface area contributed by atoms with Gasteiger partial charge in [0.25, 0.3) is 0 Å². The minimum atomic E-state index is -0.792. The summed E-state index contributed by atoms with van der Waals surface area (Å²) in [6.45, 7) is 3.88. The van der Waals surface area contributed by atoms with Crippen molar-refractivity contribution in [3.63, 3.8) is 0 Å². The third-order valence-corrected chi connectivity index (χ3v) is 6.04. The Morgan fingerprint density at radius 2 is 2.04 bits per heavy atom.